The lowest BCUT2D eigenvalue weighted by molar-refractivity contribution is -0.131. The van der Waals surface area contributed by atoms with Crippen molar-refractivity contribution < 1.29 is 9.59 Å². The normalized spacial score (nSPS) is 13.7. The molecule has 3 rings (SSSR count). The summed E-state index contributed by atoms with van der Waals surface area (Å²) < 4.78 is 0. The number of carbonyl (C=O) groups excluding carboxylic acids is 2. The summed E-state index contributed by atoms with van der Waals surface area (Å²) in [4.78, 5) is 28.9. The van der Waals surface area contributed by atoms with E-state index in [0.29, 0.717) is 6.42 Å². The van der Waals surface area contributed by atoms with Crippen LogP contribution in [0.4, 0.5) is 21.9 Å². The molecule has 2 aromatic carbocycles. The van der Waals surface area contributed by atoms with Crippen LogP contribution in [0.25, 0.3) is 0 Å². The van der Waals surface area contributed by atoms with Gasteiger partial charge in [0.05, 0.1) is 0 Å². The van der Waals surface area contributed by atoms with Gasteiger partial charge in [-0.05, 0) is 48.7 Å². The predicted octanol–water partition coefficient (Wildman–Crippen LogP) is 5.12. The number of hydrogen-bond donors (Lipinski definition) is 2. The number of hydrogen-bond acceptors (Lipinski definition) is 3. The SMILES string of the molecule is CCCCCC(=O)N1CCN(c2ccc(NC(=O)Nc3ccccc3CC)cc2)CC1. The molecule has 1 aliphatic rings. The monoisotopic (exact) mass is 422 g/mol. The molecule has 1 aliphatic heterocycles. The minimum absolute atomic E-state index is 0.246. The average Bonchev–Trinajstić information content (AvgIpc) is 2.80. The van der Waals surface area contributed by atoms with E-state index in [9.17, 15) is 9.59 Å². The van der Waals surface area contributed by atoms with Gasteiger partial charge in [0, 0.05) is 49.7 Å². The van der Waals surface area contributed by atoms with Gasteiger partial charge in [0.1, 0.15) is 0 Å². The van der Waals surface area contributed by atoms with Crippen LogP contribution in [-0.2, 0) is 11.2 Å². The van der Waals surface area contributed by atoms with Crippen molar-refractivity contribution in [2.24, 2.45) is 0 Å². The maximum Gasteiger partial charge on any atom is 0.323 e. The largest absolute Gasteiger partial charge is 0.368 e. The Morgan fingerprint density at radius 3 is 2.26 bits per heavy atom. The Bertz CT molecular complexity index is 858. The van der Waals surface area contributed by atoms with Crippen molar-refractivity contribution in [3.63, 3.8) is 0 Å². The zero-order chi connectivity index (χ0) is 22.1. The van der Waals surface area contributed by atoms with E-state index < -0.39 is 0 Å². The smallest absolute Gasteiger partial charge is 0.323 e. The topological polar surface area (TPSA) is 64.7 Å². The molecular weight excluding hydrogens is 388 g/mol. The maximum atomic E-state index is 12.4. The van der Waals surface area contributed by atoms with Gasteiger partial charge in [-0.2, -0.15) is 0 Å². The lowest BCUT2D eigenvalue weighted by Crippen LogP contribution is -2.48. The third-order valence-corrected chi connectivity index (χ3v) is 5.76. The third-order valence-electron chi connectivity index (χ3n) is 5.76. The first-order chi connectivity index (χ1) is 15.1. The molecule has 0 radical (unpaired) electrons. The summed E-state index contributed by atoms with van der Waals surface area (Å²) in [5.41, 5.74) is 3.80. The fraction of sp³-hybridized carbons (Fsp3) is 0.440. The summed E-state index contributed by atoms with van der Waals surface area (Å²) in [6, 6.07) is 15.5. The van der Waals surface area contributed by atoms with E-state index in [2.05, 4.69) is 29.4 Å². The Morgan fingerprint density at radius 1 is 0.871 bits per heavy atom. The molecule has 0 aliphatic carbocycles. The molecule has 6 heteroatoms. The first-order valence-electron chi connectivity index (χ1n) is 11.4. The number of carbonyl (C=O) groups is 2. The molecule has 0 spiro atoms. The highest BCUT2D eigenvalue weighted by Crippen LogP contribution is 2.21. The number of urea groups is 1. The molecule has 0 saturated carbocycles. The van der Waals surface area contributed by atoms with Gasteiger partial charge in [-0.15, -0.1) is 0 Å². The molecule has 31 heavy (non-hydrogen) atoms. The van der Waals surface area contributed by atoms with Gasteiger partial charge in [0.15, 0.2) is 0 Å². The number of para-hydroxylation sites is 1. The molecule has 2 aromatic rings. The predicted molar refractivity (Wildman–Crippen MR) is 128 cm³/mol. The lowest BCUT2D eigenvalue weighted by Gasteiger charge is -2.36. The van der Waals surface area contributed by atoms with E-state index in [1.54, 1.807) is 0 Å². The first kappa shape index (κ1) is 22.7. The molecular formula is C25H34N4O2. The number of nitrogens with one attached hydrogen (secondary N) is 2. The molecule has 1 heterocycles. The van der Waals surface area contributed by atoms with Crippen LogP contribution < -0.4 is 15.5 Å². The Balaban J connectivity index is 1.48. The number of amides is 3. The van der Waals surface area contributed by atoms with E-state index in [1.165, 1.54) is 0 Å². The molecule has 2 N–H and O–H groups in total. The van der Waals surface area contributed by atoms with Gasteiger partial charge in [-0.1, -0.05) is 44.9 Å². The van der Waals surface area contributed by atoms with Crippen molar-refractivity contribution in [3.8, 4) is 0 Å². The molecule has 0 unspecified atom stereocenters. The molecule has 1 fully saturated rings. The van der Waals surface area contributed by atoms with Crippen LogP contribution in [0.15, 0.2) is 48.5 Å². The molecule has 6 nitrogen and oxygen atoms in total. The number of anilines is 3. The van der Waals surface area contributed by atoms with Crippen molar-refractivity contribution in [2.45, 2.75) is 46.0 Å². The summed E-state index contributed by atoms with van der Waals surface area (Å²) in [6.07, 6.45) is 4.78. The summed E-state index contributed by atoms with van der Waals surface area (Å²) in [5.74, 6) is 0.281. The second-order valence-corrected chi connectivity index (χ2v) is 7.96. The van der Waals surface area contributed by atoms with Gasteiger partial charge in [0.2, 0.25) is 5.91 Å². The van der Waals surface area contributed by atoms with Gasteiger partial charge in [-0.3, -0.25) is 4.79 Å². The number of unbranched alkanes of at least 4 members (excludes halogenated alkanes) is 2. The van der Waals surface area contributed by atoms with Crippen LogP contribution in [0.3, 0.4) is 0 Å². The van der Waals surface area contributed by atoms with Gasteiger partial charge >= 0.3 is 6.03 Å². The van der Waals surface area contributed by atoms with E-state index in [-0.39, 0.29) is 11.9 Å². The van der Waals surface area contributed by atoms with Gasteiger partial charge < -0.3 is 20.4 Å². The van der Waals surface area contributed by atoms with Crippen LogP contribution in [0.2, 0.25) is 0 Å². The molecule has 0 atom stereocenters. The van der Waals surface area contributed by atoms with E-state index in [4.69, 9.17) is 0 Å². The van der Waals surface area contributed by atoms with Crippen molar-refractivity contribution in [3.05, 3.63) is 54.1 Å². The zero-order valence-electron chi connectivity index (χ0n) is 18.7. The first-order valence-corrected chi connectivity index (χ1v) is 11.4. The van der Waals surface area contributed by atoms with E-state index in [1.807, 2.05) is 53.4 Å². The standard InChI is InChI=1S/C25H34N4O2/c1-3-5-6-11-24(30)29-18-16-28(17-19-29)22-14-12-21(13-15-22)26-25(31)27-23-10-8-7-9-20(23)4-2/h7-10,12-15H,3-6,11,16-19H2,1-2H3,(H2,26,27,31). The second kappa shape index (κ2) is 11.4. The second-order valence-electron chi connectivity index (χ2n) is 7.96. The minimum atomic E-state index is -0.246. The average molecular weight is 423 g/mol. The fourth-order valence-electron chi connectivity index (χ4n) is 3.89. The summed E-state index contributed by atoms with van der Waals surface area (Å²) >= 11 is 0. The quantitative estimate of drug-likeness (QED) is 0.580. The highest BCUT2D eigenvalue weighted by atomic mass is 16.2. The Morgan fingerprint density at radius 2 is 1.58 bits per heavy atom. The molecule has 0 bridgehead atoms. The summed E-state index contributed by atoms with van der Waals surface area (Å²) in [5, 5.41) is 5.82. The highest BCUT2D eigenvalue weighted by Gasteiger charge is 2.20. The molecule has 0 aromatic heterocycles. The molecule has 1 saturated heterocycles. The van der Waals surface area contributed by atoms with Crippen LogP contribution in [-0.4, -0.2) is 43.0 Å². The number of nitrogens with zero attached hydrogens (tertiary/aromatic N) is 2. The maximum absolute atomic E-state index is 12.4. The van der Waals surface area contributed by atoms with Crippen molar-refractivity contribution in [1.82, 2.24) is 4.90 Å². The van der Waals surface area contributed by atoms with Crippen molar-refractivity contribution in [2.75, 3.05) is 41.7 Å². The number of piperazine rings is 1. The Kier molecular flexibility index (Phi) is 8.33. The summed E-state index contributed by atoms with van der Waals surface area (Å²) in [6.45, 7) is 7.43. The summed E-state index contributed by atoms with van der Waals surface area (Å²) in [7, 11) is 0. The van der Waals surface area contributed by atoms with E-state index >= 15 is 0 Å². The number of rotatable bonds is 8. The van der Waals surface area contributed by atoms with E-state index in [0.717, 1.165) is 74.5 Å². The highest BCUT2D eigenvalue weighted by molar-refractivity contribution is 6.00. The van der Waals surface area contributed by atoms with Gasteiger partial charge in [0.25, 0.3) is 0 Å². The van der Waals surface area contributed by atoms with Crippen LogP contribution in [0.5, 0.6) is 0 Å². The molecule has 3 amide bonds. The molecule has 166 valence electrons. The third kappa shape index (κ3) is 6.48. The number of aryl methyl sites for hydroxylation is 1. The number of benzene rings is 2. The Labute approximate surface area is 185 Å². The van der Waals surface area contributed by atoms with Gasteiger partial charge in [-0.25, -0.2) is 4.79 Å². The fourth-order valence-corrected chi connectivity index (χ4v) is 3.89. The van der Waals surface area contributed by atoms with Crippen molar-refractivity contribution in [1.29, 1.82) is 0 Å². The minimum Gasteiger partial charge on any atom is -0.368 e. The van der Waals surface area contributed by atoms with Crippen molar-refractivity contribution >= 4 is 29.0 Å². The Hall–Kier alpha value is -3.02. The van der Waals surface area contributed by atoms with Crippen LogP contribution >= 0.6 is 0 Å². The zero-order valence-corrected chi connectivity index (χ0v) is 18.7. The lowest BCUT2D eigenvalue weighted by atomic mass is 10.1. The van der Waals surface area contributed by atoms with Crippen LogP contribution in [0, 0.1) is 0 Å². The van der Waals surface area contributed by atoms with Crippen LogP contribution in [0.1, 0.15) is 45.1 Å².